The zero-order valence-corrected chi connectivity index (χ0v) is 14.7. The van der Waals surface area contributed by atoms with E-state index in [1.165, 1.54) is 0 Å². The first-order chi connectivity index (χ1) is 11.1. The van der Waals surface area contributed by atoms with Gasteiger partial charge in [-0.1, -0.05) is 6.07 Å². The van der Waals surface area contributed by atoms with Gasteiger partial charge in [-0.2, -0.15) is 5.10 Å². The van der Waals surface area contributed by atoms with Gasteiger partial charge in [0.1, 0.15) is 6.61 Å². The number of ether oxygens (including phenoxy) is 2. The molecule has 0 radical (unpaired) electrons. The van der Waals surface area contributed by atoms with Crippen LogP contribution in [0.5, 0.6) is 11.5 Å². The predicted molar refractivity (Wildman–Crippen MR) is 96.8 cm³/mol. The normalized spacial score (nSPS) is 10.5. The molecule has 6 nitrogen and oxygen atoms in total. The Labute approximate surface area is 147 Å². The molecule has 0 saturated carbocycles. The summed E-state index contributed by atoms with van der Waals surface area (Å²) < 4.78 is 11.9. The van der Waals surface area contributed by atoms with E-state index in [9.17, 15) is 0 Å². The monoisotopic (exact) mass is 394 g/mol. The number of thiocarbonyl (C=S) groups is 1. The molecule has 1 heterocycles. The summed E-state index contributed by atoms with van der Waals surface area (Å²) in [5, 5.41) is 4.01. The van der Waals surface area contributed by atoms with Crippen molar-refractivity contribution in [2.24, 2.45) is 10.8 Å². The number of pyridine rings is 1. The molecule has 2 aromatic rings. The van der Waals surface area contributed by atoms with Gasteiger partial charge in [0.05, 0.1) is 23.5 Å². The van der Waals surface area contributed by atoms with Crippen LogP contribution in [0.4, 0.5) is 0 Å². The number of methoxy groups -OCH3 is 1. The topological polar surface area (TPSA) is 81.8 Å². The number of benzene rings is 1. The Morgan fingerprint density at radius 1 is 1.48 bits per heavy atom. The fourth-order valence-corrected chi connectivity index (χ4v) is 2.38. The second kappa shape index (κ2) is 8.44. The Balaban J connectivity index is 2.16. The molecular weight excluding hydrogens is 380 g/mol. The molecule has 0 spiro atoms. The van der Waals surface area contributed by atoms with E-state index in [-0.39, 0.29) is 5.11 Å². The van der Waals surface area contributed by atoms with Crippen molar-refractivity contribution in [1.82, 2.24) is 10.4 Å². The highest BCUT2D eigenvalue weighted by Gasteiger charge is 2.11. The molecule has 0 aliphatic carbocycles. The Morgan fingerprint density at radius 3 is 2.96 bits per heavy atom. The maximum Gasteiger partial charge on any atom is 0.184 e. The average Bonchev–Trinajstić information content (AvgIpc) is 2.54. The average molecular weight is 395 g/mol. The van der Waals surface area contributed by atoms with Gasteiger partial charge in [0.15, 0.2) is 16.6 Å². The Bertz CT molecular complexity index is 710. The zero-order chi connectivity index (χ0) is 16.7. The standard InChI is InChI=1S/C15H15BrN4O2S/c1-21-13-7-10(8-19-20-15(17)23)6-12(16)14(13)22-9-11-4-2-3-5-18-11/h2-8H,9H2,1H3,(H3,17,20,23). The van der Waals surface area contributed by atoms with Crippen LogP contribution < -0.4 is 20.6 Å². The van der Waals surface area contributed by atoms with E-state index in [2.05, 4.69) is 43.7 Å². The molecule has 2 rings (SSSR count). The number of hydrazone groups is 1. The lowest BCUT2D eigenvalue weighted by Gasteiger charge is -2.13. The molecule has 0 unspecified atom stereocenters. The molecule has 1 aromatic carbocycles. The third kappa shape index (κ3) is 5.19. The second-order valence-electron chi connectivity index (χ2n) is 4.38. The summed E-state index contributed by atoms with van der Waals surface area (Å²) in [7, 11) is 1.57. The van der Waals surface area contributed by atoms with Gasteiger partial charge in [-0.05, 0) is 58.0 Å². The van der Waals surface area contributed by atoms with Crippen molar-refractivity contribution < 1.29 is 9.47 Å². The van der Waals surface area contributed by atoms with Crippen molar-refractivity contribution in [2.75, 3.05) is 7.11 Å². The van der Waals surface area contributed by atoms with Crippen molar-refractivity contribution in [3.8, 4) is 11.5 Å². The van der Waals surface area contributed by atoms with Gasteiger partial charge in [-0.25, -0.2) is 0 Å². The largest absolute Gasteiger partial charge is 0.493 e. The van der Waals surface area contributed by atoms with Crippen LogP contribution in [0.15, 0.2) is 46.1 Å². The molecule has 0 aliphatic heterocycles. The molecule has 3 N–H and O–H groups in total. The summed E-state index contributed by atoms with van der Waals surface area (Å²) in [6.45, 7) is 0.340. The Hall–Kier alpha value is -2.19. The summed E-state index contributed by atoms with van der Waals surface area (Å²) >= 11 is 8.16. The highest BCUT2D eigenvalue weighted by Crippen LogP contribution is 2.36. The van der Waals surface area contributed by atoms with E-state index in [0.717, 1.165) is 15.7 Å². The van der Waals surface area contributed by atoms with E-state index >= 15 is 0 Å². The van der Waals surface area contributed by atoms with Gasteiger partial charge in [-0.15, -0.1) is 0 Å². The van der Waals surface area contributed by atoms with Crippen LogP contribution in [-0.2, 0) is 6.61 Å². The van der Waals surface area contributed by atoms with E-state index in [1.807, 2.05) is 24.3 Å². The van der Waals surface area contributed by atoms with Crippen molar-refractivity contribution in [2.45, 2.75) is 6.61 Å². The van der Waals surface area contributed by atoms with Gasteiger partial charge in [0.25, 0.3) is 0 Å². The van der Waals surface area contributed by atoms with E-state index in [0.29, 0.717) is 18.1 Å². The lowest BCUT2D eigenvalue weighted by Crippen LogP contribution is -2.23. The van der Waals surface area contributed by atoms with Crippen LogP contribution in [-0.4, -0.2) is 23.4 Å². The predicted octanol–water partition coefficient (Wildman–Crippen LogP) is 2.60. The minimum absolute atomic E-state index is 0.0996. The lowest BCUT2D eigenvalue weighted by atomic mass is 10.2. The highest BCUT2D eigenvalue weighted by molar-refractivity contribution is 9.10. The molecule has 1 aromatic heterocycles. The van der Waals surface area contributed by atoms with Gasteiger partial charge in [-0.3, -0.25) is 10.4 Å². The minimum Gasteiger partial charge on any atom is -0.493 e. The number of rotatable bonds is 6. The first-order valence-corrected chi connectivity index (χ1v) is 7.79. The Kier molecular flexibility index (Phi) is 6.30. The molecule has 0 atom stereocenters. The molecule has 0 fully saturated rings. The number of hydrogen-bond acceptors (Lipinski definition) is 5. The number of nitrogens with one attached hydrogen (secondary N) is 1. The zero-order valence-electron chi connectivity index (χ0n) is 12.3. The molecular formula is C15H15BrN4O2S. The Morgan fingerprint density at radius 2 is 2.30 bits per heavy atom. The minimum atomic E-state index is 0.0996. The lowest BCUT2D eigenvalue weighted by molar-refractivity contribution is 0.279. The highest BCUT2D eigenvalue weighted by atomic mass is 79.9. The molecule has 0 aliphatic rings. The first kappa shape index (κ1) is 17.2. The van der Waals surface area contributed by atoms with Crippen LogP contribution in [0.25, 0.3) is 0 Å². The summed E-state index contributed by atoms with van der Waals surface area (Å²) in [6.07, 6.45) is 3.30. The summed E-state index contributed by atoms with van der Waals surface area (Å²) in [5.74, 6) is 1.17. The van der Waals surface area contributed by atoms with Crippen LogP contribution in [0.1, 0.15) is 11.3 Å². The van der Waals surface area contributed by atoms with Gasteiger partial charge in [0, 0.05) is 6.20 Å². The fourth-order valence-electron chi connectivity index (χ4n) is 1.75. The maximum absolute atomic E-state index is 5.81. The molecule has 120 valence electrons. The third-order valence-corrected chi connectivity index (χ3v) is 3.41. The van der Waals surface area contributed by atoms with Crippen LogP contribution in [0, 0.1) is 0 Å². The van der Waals surface area contributed by atoms with Crippen molar-refractivity contribution in [1.29, 1.82) is 0 Å². The number of halogens is 1. The van der Waals surface area contributed by atoms with Crippen LogP contribution >= 0.6 is 28.1 Å². The summed E-state index contributed by atoms with van der Waals surface area (Å²) in [6, 6.07) is 9.30. The number of hydrogen-bond donors (Lipinski definition) is 2. The van der Waals surface area contributed by atoms with E-state index in [1.54, 1.807) is 25.6 Å². The van der Waals surface area contributed by atoms with Crippen molar-refractivity contribution >= 4 is 39.5 Å². The SMILES string of the molecule is COc1cc(C=NNC(N)=S)cc(Br)c1OCc1ccccn1. The van der Waals surface area contributed by atoms with Gasteiger partial charge in [0.2, 0.25) is 0 Å². The third-order valence-electron chi connectivity index (χ3n) is 2.73. The van der Waals surface area contributed by atoms with Gasteiger partial charge >= 0.3 is 0 Å². The molecule has 23 heavy (non-hydrogen) atoms. The molecule has 0 amide bonds. The first-order valence-electron chi connectivity index (χ1n) is 6.59. The van der Waals surface area contributed by atoms with E-state index in [4.69, 9.17) is 15.2 Å². The summed E-state index contributed by atoms with van der Waals surface area (Å²) in [5.41, 5.74) is 9.42. The van der Waals surface area contributed by atoms with E-state index < -0.39 is 0 Å². The second-order valence-corrected chi connectivity index (χ2v) is 5.67. The van der Waals surface area contributed by atoms with Crippen molar-refractivity contribution in [3.05, 3.63) is 52.3 Å². The molecule has 8 heteroatoms. The molecule has 0 saturated heterocycles. The van der Waals surface area contributed by atoms with Crippen molar-refractivity contribution in [3.63, 3.8) is 0 Å². The smallest absolute Gasteiger partial charge is 0.184 e. The van der Waals surface area contributed by atoms with Crippen LogP contribution in [0.2, 0.25) is 0 Å². The van der Waals surface area contributed by atoms with Crippen LogP contribution in [0.3, 0.4) is 0 Å². The number of nitrogens with zero attached hydrogens (tertiary/aromatic N) is 2. The maximum atomic E-state index is 5.81. The molecule has 0 bridgehead atoms. The van der Waals surface area contributed by atoms with Gasteiger partial charge < -0.3 is 15.2 Å². The number of aromatic nitrogens is 1. The fraction of sp³-hybridized carbons (Fsp3) is 0.133. The summed E-state index contributed by atoms with van der Waals surface area (Å²) in [4.78, 5) is 4.22. The quantitative estimate of drug-likeness (QED) is 0.445. The number of nitrogens with two attached hydrogens (primary N) is 1.